The molecule has 118 valence electrons. The first-order valence-electron chi connectivity index (χ1n) is 7.01. The summed E-state index contributed by atoms with van der Waals surface area (Å²) in [5.74, 6) is -0.322. The monoisotopic (exact) mass is 376 g/mol. The topological polar surface area (TPSA) is 41.6 Å². The number of carbonyl (C=O) groups excluding carboxylic acids is 1. The molecule has 0 aliphatic carbocycles. The van der Waals surface area contributed by atoms with E-state index in [4.69, 9.17) is 16.3 Å². The zero-order chi connectivity index (χ0) is 15.8. The van der Waals surface area contributed by atoms with Gasteiger partial charge in [0.25, 0.3) is 0 Å². The van der Waals surface area contributed by atoms with Crippen LogP contribution in [0.4, 0.5) is 0 Å². The van der Waals surface area contributed by atoms with Crippen molar-refractivity contribution < 1.29 is 9.53 Å². The molecule has 21 heavy (non-hydrogen) atoms. The highest BCUT2D eigenvalue weighted by Crippen LogP contribution is 2.27. The van der Waals surface area contributed by atoms with Crippen LogP contribution in [0.25, 0.3) is 0 Å². The van der Waals surface area contributed by atoms with E-state index in [9.17, 15) is 4.79 Å². The second-order valence-corrected chi connectivity index (χ2v) is 5.89. The molecule has 1 atom stereocenters. The summed E-state index contributed by atoms with van der Waals surface area (Å²) in [5, 5.41) is 3.84. The molecule has 1 unspecified atom stereocenters. The van der Waals surface area contributed by atoms with Gasteiger partial charge in [-0.15, -0.1) is 0 Å². The molecule has 0 saturated carbocycles. The van der Waals surface area contributed by atoms with E-state index in [1.165, 1.54) is 7.11 Å². The van der Waals surface area contributed by atoms with Crippen molar-refractivity contribution in [1.29, 1.82) is 0 Å². The van der Waals surface area contributed by atoms with Crippen molar-refractivity contribution in [2.45, 2.75) is 19.9 Å². The van der Waals surface area contributed by atoms with Gasteiger partial charge < -0.3 is 9.64 Å². The van der Waals surface area contributed by atoms with Gasteiger partial charge in [-0.05, 0) is 36.9 Å². The molecule has 0 heterocycles. The summed E-state index contributed by atoms with van der Waals surface area (Å²) in [6.07, 6.45) is 0. The van der Waals surface area contributed by atoms with Gasteiger partial charge in [-0.25, -0.2) is 4.79 Å². The number of methoxy groups -OCH3 is 1. The van der Waals surface area contributed by atoms with Crippen LogP contribution in [0.5, 0.6) is 0 Å². The highest BCUT2D eigenvalue weighted by molar-refractivity contribution is 9.10. The molecule has 0 bridgehead atoms. The lowest BCUT2D eigenvalue weighted by atomic mass is 10.1. The number of carbonyl (C=O) groups is 1. The third kappa shape index (κ3) is 5.58. The first kappa shape index (κ1) is 18.4. The molecule has 1 aromatic rings. The quantitative estimate of drug-likeness (QED) is 0.706. The average Bonchev–Trinajstić information content (AvgIpc) is 2.49. The number of nitrogens with one attached hydrogen (secondary N) is 1. The SMILES string of the molecule is CCN(CC)CCNC(C(=O)OC)c1cc(Cl)ccc1Br. The van der Waals surface area contributed by atoms with Crippen LogP contribution in [-0.4, -0.2) is 44.2 Å². The number of hydrogen-bond donors (Lipinski definition) is 1. The number of likely N-dealkylation sites (N-methyl/N-ethyl adjacent to an activating group) is 1. The molecule has 0 aliphatic rings. The number of ether oxygens (including phenoxy) is 1. The second kappa shape index (κ2) is 9.41. The highest BCUT2D eigenvalue weighted by atomic mass is 79.9. The molecule has 0 amide bonds. The molecule has 6 heteroatoms. The Morgan fingerprint density at radius 1 is 1.43 bits per heavy atom. The minimum absolute atomic E-state index is 0.322. The van der Waals surface area contributed by atoms with E-state index in [2.05, 4.69) is 40.0 Å². The van der Waals surface area contributed by atoms with Crippen LogP contribution in [-0.2, 0) is 9.53 Å². The van der Waals surface area contributed by atoms with Crippen molar-refractivity contribution in [3.05, 3.63) is 33.3 Å². The van der Waals surface area contributed by atoms with Gasteiger partial charge in [0.15, 0.2) is 0 Å². The maximum atomic E-state index is 12.0. The van der Waals surface area contributed by atoms with Gasteiger partial charge in [0.1, 0.15) is 6.04 Å². The zero-order valence-corrected chi connectivity index (χ0v) is 15.0. The van der Waals surface area contributed by atoms with Crippen LogP contribution in [0.15, 0.2) is 22.7 Å². The van der Waals surface area contributed by atoms with Gasteiger partial charge in [0.05, 0.1) is 7.11 Å². The fourth-order valence-corrected chi connectivity index (χ4v) is 2.74. The van der Waals surface area contributed by atoms with Crippen LogP contribution in [0.1, 0.15) is 25.5 Å². The minimum atomic E-state index is -0.529. The van der Waals surface area contributed by atoms with Crippen molar-refractivity contribution >= 4 is 33.5 Å². The van der Waals surface area contributed by atoms with Crippen molar-refractivity contribution in [3.8, 4) is 0 Å². The van der Waals surface area contributed by atoms with E-state index < -0.39 is 6.04 Å². The molecule has 4 nitrogen and oxygen atoms in total. The van der Waals surface area contributed by atoms with Gasteiger partial charge in [-0.1, -0.05) is 41.4 Å². The van der Waals surface area contributed by atoms with Crippen molar-refractivity contribution in [2.24, 2.45) is 0 Å². The molecule has 0 aromatic heterocycles. The van der Waals surface area contributed by atoms with E-state index in [-0.39, 0.29) is 5.97 Å². The lowest BCUT2D eigenvalue weighted by Gasteiger charge is -2.22. The lowest BCUT2D eigenvalue weighted by molar-refractivity contribution is -0.143. The standard InChI is InChI=1S/C15H22BrClN2O2/c1-4-19(5-2)9-8-18-14(15(20)21-3)12-10-11(17)6-7-13(12)16/h6-7,10,14,18H,4-5,8-9H2,1-3H3. The first-order valence-corrected chi connectivity index (χ1v) is 8.19. The Balaban J connectivity index is 2.81. The molecule has 0 radical (unpaired) electrons. The summed E-state index contributed by atoms with van der Waals surface area (Å²) in [6, 6.07) is 4.86. The van der Waals surface area contributed by atoms with Crippen LogP contribution < -0.4 is 5.32 Å². The van der Waals surface area contributed by atoms with Gasteiger partial charge in [0, 0.05) is 22.6 Å². The van der Waals surface area contributed by atoms with Gasteiger partial charge >= 0.3 is 5.97 Å². The average molecular weight is 378 g/mol. The predicted molar refractivity (Wildman–Crippen MR) is 89.7 cm³/mol. The Hall–Kier alpha value is -0.620. The van der Waals surface area contributed by atoms with E-state index in [0.717, 1.165) is 29.7 Å². The van der Waals surface area contributed by atoms with Crippen LogP contribution in [0.2, 0.25) is 5.02 Å². The van der Waals surface area contributed by atoms with E-state index in [1.807, 2.05) is 6.07 Å². The number of benzene rings is 1. The maximum absolute atomic E-state index is 12.0. The lowest BCUT2D eigenvalue weighted by Crippen LogP contribution is -2.37. The number of nitrogens with zero attached hydrogens (tertiary/aromatic N) is 1. The van der Waals surface area contributed by atoms with E-state index in [0.29, 0.717) is 11.6 Å². The number of rotatable bonds is 8. The molecular formula is C15H22BrClN2O2. The van der Waals surface area contributed by atoms with E-state index >= 15 is 0 Å². The van der Waals surface area contributed by atoms with Gasteiger partial charge in [0.2, 0.25) is 0 Å². The molecule has 0 spiro atoms. The van der Waals surface area contributed by atoms with Crippen LogP contribution in [0, 0.1) is 0 Å². The molecule has 0 fully saturated rings. The number of esters is 1. The second-order valence-electron chi connectivity index (χ2n) is 4.60. The summed E-state index contributed by atoms with van der Waals surface area (Å²) in [5.41, 5.74) is 0.786. The Morgan fingerprint density at radius 3 is 2.67 bits per heavy atom. The summed E-state index contributed by atoms with van der Waals surface area (Å²) in [4.78, 5) is 14.3. The molecule has 1 N–H and O–H groups in total. The number of hydrogen-bond acceptors (Lipinski definition) is 4. The zero-order valence-electron chi connectivity index (χ0n) is 12.7. The van der Waals surface area contributed by atoms with Crippen molar-refractivity contribution in [2.75, 3.05) is 33.3 Å². The third-order valence-electron chi connectivity index (χ3n) is 3.38. The Morgan fingerprint density at radius 2 is 2.10 bits per heavy atom. The predicted octanol–water partition coefficient (Wildman–Crippen LogP) is 3.25. The molecule has 1 aromatic carbocycles. The van der Waals surface area contributed by atoms with Gasteiger partial charge in [-0.3, -0.25) is 5.32 Å². The maximum Gasteiger partial charge on any atom is 0.327 e. The highest BCUT2D eigenvalue weighted by Gasteiger charge is 2.23. The summed E-state index contributed by atoms with van der Waals surface area (Å²) in [7, 11) is 1.39. The smallest absolute Gasteiger partial charge is 0.327 e. The van der Waals surface area contributed by atoms with Crippen LogP contribution in [0.3, 0.4) is 0 Å². The Kier molecular flexibility index (Phi) is 8.26. The minimum Gasteiger partial charge on any atom is -0.468 e. The van der Waals surface area contributed by atoms with E-state index in [1.54, 1.807) is 12.1 Å². The summed E-state index contributed by atoms with van der Waals surface area (Å²) in [6.45, 7) is 7.78. The Bertz CT molecular complexity index is 467. The Labute approximate surface area is 139 Å². The van der Waals surface area contributed by atoms with Crippen molar-refractivity contribution in [1.82, 2.24) is 10.2 Å². The van der Waals surface area contributed by atoms with Crippen LogP contribution >= 0.6 is 27.5 Å². The molecule has 0 saturated heterocycles. The van der Waals surface area contributed by atoms with Gasteiger partial charge in [-0.2, -0.15) is 0 Å². The first-order chi connectivity index (χ1) is 10.0. The number of halogens is 2. The molecular weight excluding hydrogens is 356 g/mol. The summed E-state index contributed by atoms with van der Waals surface area (Å²) >= 11 is 9.49. The third-order valence-corrected chi connectivity index (χ3v) is 4.33. The van der Waals surface area contributed by atoms with Crippen molar-refractivity contribution in [3.63, 3.8) is 0 Å². The molecule has 0 aliphatic heterocycles. The molecule has 1 rings (SSSR count). The normalized spacial score (nSPS) is 12.5. The largest absolute Gasteiger partial charge is 0.468 e. The fourth-order valence-electron chi connectivity index (χ4n) is 2.08. The summed E-state index contributed by atoms with van der Waals surface area (Å²) < 4.78 is 5.72. The fraction of sp³-hybridized carbons (Fsp3) is 0.533.